The van der Waals surface area contributed by atoms with Crippen LogP contribution >= 0.6 is 0 Å². The van der Waals surface area contributed by atoms with Gasteiger partial charge in [-0.25, -0.2) is 0 Å². The molecule has 4 nitrogen and oxygen atoms in total. The molecule has 1 aromatic rings. The molecule has 1 atom stereocenters. The Morgan fingerprint density at radius 3 is 2.38 bits per heavy atom. The van der Waals surface area contributed by atoms with Gasteiger partial charge >= 0.3 is 12.1 Å². The predicted octanol–water partition coefficient (Wildman–Crippen LogP) is 3.42. The van der Waals surface area contributed by atoms with Crippen molar-refractivity contribution in [2.45, 2.75) is 56.8 Å². The normalized spacial score (nSPS) is 24.0. The first-order valence-corrected chi connectivity index (χ1v) is 9.07. The number of rotatable bonds is 4. The van der Waals surface area contributed by atoms with Gasteiger partial charge in [-0.05, 0) is 37.2 Å². The molecule has 142 valence electrons. The van der Waals surface area contributed by atoms with E-state index in [-0.39, 0.29) is 19.0 Å². The molecule has 1 aromatic carbocycles. The molecule has 2 amide bonds. The molecule has 1 saturated carbocycles. The van der Waals surface area contributed by atoms with E-state index in [9.17, 15) is 22.8 Å². The van der Waals surface area contributed by atoms with E-state index in [0.717, 1.165) is 23.3 Å². The topological polar surface area (TPSA) is 49.4 Å². The van der Waals surface area contributed by atoms with E-state index in [1.807, 2.05) is 30.3 Å². The number of nitrogens with zero attached hydrogens (tertiary/aromatic N) is 1. The Bertz CT molecular complexity index is 656. The Balaban J connectivity index is 1.86. The SMILES string of the molecule is O=C(N1CCCC1(C(=O)NCc1ccccc1)C1CCCC1)C(F)(F)F. The van der Waals surface area contributed by atoms with E-state index in [4.69, 9.17) is 0 Å². The van der Waals surface area contributed by atoms with Gasteiger partial charge in [0.05, 0.1) is 0 Å². The molecule has 2 fully saturated rings. The summed E-state index contributed by atoms with van der Waals surface area (Å²) >= 11 is 0. The highest BCUT2D eigenvalue weighted by atomic mass is 19.4. The van der Waals surface area contributed by atoms with Crippen molar-refractivity contribution in [1.29, 1.82) is 0 Å². The second-order valence-electron chi connectivity index (χ2n) is 7.13. The summed E-state index contributed by atoms with van der Waals surface area (Å²) in [6.45, 7) is 0.218. The molecule has 1 aliphatic heterocycles. The molecule has 0 aromatic heterocycles. The van der Waals surface area contributed by atoms with Crippen LogP contribution in [0.3, 0.4) is 0 Å². The van der Waals surface area contributed by atoms with Gasteiger partial charge in [0.25, 0.3) is 0 Å². The van der Waals surface area contributed by atoms with Crippen LogP contribution in [0, 0.1) is 5.92 Å². The maximum Gasteiger partial charge on any atom is 0.471 e. The molecule has 1 heterocycles. The summed E-state index contributed by atoms with van der Waals surface area (Å²) in [6, 6.07) is 9.21. The summed E-state index contributed by atoms with van der Waals surface area (Å²) in [5.41, 5.74) is -0.508. The number of amides is 2. The van der Waals surface area contributed by atoms with E-state index < -0.39 is 23.5 Å². The van der Waals surface area contributed by atoms with Crippen LogP contribution in [0.2, 0.25) is 0 Å². The van der Waals surface area contributed by atoms with Gasteiger partial charge in [0.15, 0.2) is 0 Å². The van der Waals surface area contributed by atoms with Crippen molar-refractivity contribution in [2.75, 3.05) is 6.54 Å². The molecular weight excluding hydrogens is 345 g/mol. The summed E-state index contributed by atoms with van der Waals surface area (Å²) in [6.07, 6.45) is -1.13. The van der Waals surface area contributed by atoms with Gasteiger partial charge in [-0.15, -0.1) is 0 Å². The number of hydrogen-bond donors (Lipinski definition) is 1. The largest absolute Gasteiger partial charge is 0.471 e. The minimum atomic E-state index is -4.96. The number of carbonyl (C=O) groups excluding carboxylic acids is 2. The first-order chi connectivity index (χ1) is 12.4. The minimum absolute atomic E-state index is 0.0202. The molecule has 1 unspecified atom stereocenters. The average molecular weight is 368 g/mol. The van der Waals surface area contributed by atoms with Crippen LogP contribution in [0.4, 0.5) is 13.2 Å². The van der Waals surface area contributed by atoms with Gasteiger partial charge in [-0.3, -0.25) is 9.59 Å². The Morgan fingerprint density at radius 2 is 1.77 bits per heavy atom. The number of nitrogens with one attached hydrogen (secondary N) is 1. The van der Waals surface area contributed by atoms with Gasteiger partial charge < -0.3 is 10.2 Å². The predicted molar refractivity (Wildman–Crippen MR) is 90.0 cm³/mol. The fourth-order valence-corrected chi connectivity index (χ4v) is 4.46. The molecular formula is C19H23F3N2O2. The van der Waals surface area contributed by atoms with Gasteiger partial charge in [0.1, 0.15) is 5.54 Å². The Hall–Kier alpha value is -2.05. The summed E-state index contributed by atoms with van der Waals surface area (Å²) in [5, 5.41) is 2.79. The lowest BCUT2D eigenvalue weighted by Gasteiger charge is -2.42. The Labute approximate surface area is 150 Å². The molecule has 0 bridgehead atoms. The zero-order chi connectivity index (χ0) is 18.8. The molecule has 0 radical (unpaired) electrons. The lowest BCUT2D eigenvalue weighted by molar-refractivity contribution is -0.192. The molecule has 1 N–H and O–H groups in total. The van der Waals surface area contributed by atoms with Gasteiger partial charge in [-0.2, -0.15) is 13.2 Å². The standard InChI is InChI=1S/C19H23F3N2O2/c20-19(21,22)17(26)24-12-6-11-18(24,15-9-4-5-10-15)16(25)23-13-14-7-2-1-3-8-14/h1-3,7-8,15H,4-6,9-13H2,(H,23,25). The van der Waals surface area contributed by atoms with Gasteiger partial charge in [0, 0.05) is 13.1 Å². The van der Waals surface area contributed by atoms with E-state index in [0.29, 0.717) is 25.7 Å². The molecule has 7 heteroatoms. The highest BCUT2D eigenvalue weighted by Crippen LogP contribution is 2.45. The quantitative estimate of drug-likeness (QED) is 0.885. The second-order valence-corrected chi connectivity index (χ2v) is 7.13. The van der Waals surface area contributed by atoms with Crippen molar-refractivity contribution < 1.29 is 22.8 Å². The van der Waals surface area contributed by atoms with Crippen LogP contribution in [0.15, 0.2) is 30.3 Å². The minimum Gasteiger partial charge on any atom is -0.350 e. The van der Waals surface area contributed by atoms with Crippen molar-refractivity contribution in [1.82, 2.24) is 10.2 Å². The van der Waals surface area contributed by atoms with Crippen molar-refractivity contribution >= 4 is 11.8 Å². The number of benzene rings is 1. The Kier molecular flexibility index (Phi) is 5.25. The summed E-state index contributed by atoms with van der Waals surface area (Å²) in [5.74, 6) is -2.56. The van der Waals surface area contributed by atoms with E-state index in [2.05, 4.69) is 5.32 Å². The van der Waals surface area contributed by atoms with Crippen LogP contribution < -0.4 is 5.32 Å². The third-order valence-corrected chi connectivity index (χ3v) is 5.63. The van der Waals surface area contributed by atoms with E-state index in [1.165, 1.54) is 0 Å². The van der Waals surface area contributed by atoms with E-state index >= 15 is 0 Å². The lowest BCUT2D eigenvalue weighted by atomic mass is 9.79. The highest BCUT2D eigenvalue weighted by molar-refractivity contribution is 5.94. The first kappa shape index (κ1) is 18.7. The van der Waals surface area contributed by atoms with Crippen LogP contribution in [0.5, 0.6) is 0 Å². The zero-order valence-electron chi connectivity index (χ0n) is 14.5. The lowest BCUT2D eigenvalue weighted by Crippen LogP contribution is -2.63. The molecule has 0 spiro atoms. The number of carbonyl (C=O) groups is 2. The third-order valence-electron chi connectivity index (χ3n) is 5.63. The fourth-order valence-electron chi connectivity index (χ4n) is 4.46. The molecule has 1 saturated heterocycles. The highest BCUT2D eigenvalue weighted by Gasteiger charge is 2.59. The van der Waals surface area contributed by atoms with E-state index in [1.54, 1.807) is 0 Å². The summed E-state index contributed by atoms with van der Waals surface area (Å²) in [4.78, 5) is 25.9. The molecule has 26 heavy (non-hydrogen) atoms. The molecule has 2 aliphatic rings. The van der Waals surface area contributed by atoms with Crippen molar-refractivity contribution in [3.63, 3.8) is 0 Å². The summed E-state index contributed by atoms with van der Waals surface area (Å²) in [7, 11) is 0. The zero-order valence-corrected chi connectivity index (χ0v) is 14.5. The average Bonchev–Trinajstić information content (AvgIpc) is 3.28. The maximum atomic E-state index is 13.1. The monoisotopic (exact) mass is 368 g/mol. The number of alkyl halides is 3. The van der Waals surface area contributed by atoms with Gasteiger partial charge in [0.2, 0.25) is 5.91 Å². The van der Waals surface area contributed by atoms with Crippen molar-refractivity contribution in [2.24, 2.45) is 5.92 Å². The van der Waals surface area contributed by atoms with Crippen LogP contribution in [0.1, 0.15) is 44.1 Å². The number of halogens is 3. The number of likely N-dealkylation sites (tertiary alicyclic amines) is 1. The first-order valence-electron chi connectivity index (χ1n) is 9.07. The van der Waals surface area contributed by atoms with Gasteiger partial charge in [-0.1, -0.05) is 43.2 Å². The smallest absolute Gasteiger partial charge is 0.350 e. The van der Waals surface area contributed by atoms with Crippen molar-refractivity contribution in [3.8, 4) is 0 Å². The fraction of sp³-hybridized carbons (Fsp3) is 0.579. The van der Waals surface area contributed by atoms with Crippen LogP contribution in [0.25, 0.3) is 0 Å². The second kappa shape index (κ2) is 7.29. The van der Waals surface area contributed by atoms with Crippen molar-refractivity contribution in [3.05, 3.63) is 35.9 Å². The third kappa shape index (κ3) is 3.44. The number of hydrogen-bond acceptors (Lipinski definition) is 2. The maximum absolute atomic E-state index is 13.1. The summed E-state index contributed by atoms with van der Waals surface area (Å²) < 4.78 is 39.4. The molecule has 3 rings (SSSR count). The van der Waals surface area contributed by atoms with Crippen LogP contribution in [-0.2, 0) is 16.1 Å². The Morgan fingerprint density at radius 1 is 1.12 bits per heavy atom. The molecule has 1 aliphatic carbocycles. The van der Waals surface area contributed by atoms with Crippen LogP contribution in [-0.4, -0.2) is 35.0 Å².